The zero-order valence-electron chi connectivity index (χ0n) is 12.1. The van der Waals surface area contributed by atoms with E-state index < -0.39 is 4.92 Å². The molecule has 0 aromatic heterocycles. The second kappa shape index (κ2) is 6.23. The van der Waals surface area contributed by atoms with Crippen molar-refractivity contribution in [3.8, 4) is 0 Å². The van der Waals surface area contributed by atoms with Crippen molar-refractivity contribution in [2.75, 3.05) is 5.32 Å². The van der Waals surface area contributed by atoms with Crippen molar-refractivity contribution in [2.45, 2.75) is 6.42 Å². The van der Waals surface area contributed by atoms with E-state index in [9.17, 15) is 14.9 Å². The van der Waals surface area contributed by atoms with E-state index >= 15 is 0 Å². The zero-order valence-corrected chi connectivity index (χ0v) is 12.1. The normalized spacial score (nSPS) is 13.9. The minimum absolute atomic E-state index is 0.0438. The molecule has 1 heterocycles. The van der Waals surface area contributed by atoms with Crippen molar-refractivity contribution in [3.05, 3.63) is 70.3 Å². The largest absolute Gasteiger partial charge is 0.324 e. The van der Waals surface area contributed by atoms with Gasteiger partial charge in [-0.15, -0.1) is 0 Å². The van der Waals surface area contributed by atoms with E-state index in [4.69, 9.17) is 0 Å². The molecule has 0 unspecified atom stereocenters. The second-order valence-corrected chi connectivity index (χ2v) is 5.03. The molecule has 2 aromatic carbocycles. The fourth-order valence-electron chi connectivity index (χ4n) is 2.23. The Balaban J connectivity index is 1.85. The lowest BCUT2D eigenvalue weighted by Gasteiger charge is -2.02. The number of benzene rings is 2. The highest BCUT2D eigenvalue weighted by atomic mass is 16.6. The Morgan fingerprint density at radius 3 is 2.57 bits per heavy atom. The number of fused-ring (bicyclic) bond motifs is 1. The van der Waals surface area contributed by atoms with Gasteiger partial charge in [-0.1, -0.05) is 18.2 Å². The Bertz CT molecular complexity index is 823. The third-order valence-corrected chi connectivity index (χ3v) is 3.36. The van der Waals surface area contributed by atoms with Gasteiger partial charge in [0.2, 0.25) is 5.91 Å². The molecule has 0 spiro atoms. The SMILES string of the molecule is O=C1CC(/C=C/c2ccc([N+](=O)[O-])cc2)=Nc2ccccc2N1. The maximum atomic E-state index is 11.9. The molecule has 6 nitrogen and oxygen atoms in total. The highest BCUT2D eigenvalue weighted by Gasteiger charge is 2.13. The number of para-hydroxylation sites is 2. The van der Waals surface area contributed by atoms with Crippen molar-refractivity contribution < 1.29 is 9.72 Å². The number of hydrogen-bond donors (Lipinski definition) is 1. The fraction of sp³-hybridized carbons (Fsp3) is 0.0588. The number of anilines is 1. The minimum Gasteiger partial charge on any atom is -0.324 e. The summed E-state index contributed by atoms with van der Waals surface area (Å²) in [4.78, 5) is 26.6. The van der Waals surface area contributed by atoms with Crippen molar-refractivity contribution in [1.29, 1.82) is 0 Å². The molecule has 3 rings (SSSR count). The van der Waals surface area contributed by atoms with Gasteiger partial charge in [0, 0.05) is 12.1 Å². The maximum Gasteiger partial charge on any atom is 0.269 e. The molecule has 1 N–H and O–H groups in total. The first-order valence-corrected chi connectivity index (χ1v) is 7.01. The van der Waals surface area contributed by atoms with Crippen LogP contribution in [0.25, 0.3) is 6.08 Å². The van der Waals surface area contributed by atoms with Crippen LogP contribution in [-0.2, 0) is 4.79 Å². The molecule has 1 aliphatic heterocycles. The quantitative estimate of drug-likeness (QED) is 0.692. The first-order chi connectivity index (χ1) is 11.1. The molecular formula is C17H13N3O3. The smallest absolute Gasteiger partial charge is 0.269 e. The van der Waals surface area contributed by atoms with Crippen LogP contribution in [0.1, 0.15) is 12.0 Å². The van der Waals surface area contributed by atoms with Crippen molar-refractivity contribution in [2.24, 2.45) is 4.99 Å². The number of allylic oxidation sites excluding steroid dienone is 1. The summed E-state index contributed by atoms with van der Waals surface area (Å²) in [5, 5.41) is 13.4. The molecule has 0 saturated carbocycles. The first kappa shape index (κ1) is 14.6. The van der Waals surface area contributed by atoms with Crippen LogP contribution in [0.5, 0.6) is 0 Å². The van der Waals surface area contributed by atoms with Crippen LogP contribution in [0.2, 0.25) is 0 Å². The summed E-state index contributed by atoms with van der Waals surface area (Å²) in [5.74, 6) is -0.123. The highest BCUT2D eigenvalue weighted by molar-refractivity contribution is 6.15. The number of carbonyl (C=O) groups excluding carboxylic acids is 1. The van der Waals surface area contributed by atoms with Gasteiger partial charge in [-0.2, -0.15) is 0 Å². The van der Waals surface area contributed by atoms with E-state index in [1.165, 1.54) is 12.1 Å². The third kappa shape index (κ3) is 3.49. The van der Waals surface area contributed by atoms with Gasteiger partial charge in [0.15, 0.2) is 0 Å². The van der Waals surface area contributed by atoms with Gasteiger partial charge in [-0.3, -0.25) is 19.9 Å². The van der Waals surface area contributed by atoms with Gasteiger partial charge in [0.05, 0.1) is 28.4 Å². The molecule has 0 radical (unpaired) electrons. The second-order valence-electron chi connectivity index (χ2n) is 5.03. The molecule has 2 aromatic rings. The lowest BCUT2D eigenvalue weighted by Crippen LogP contribution is -2.13. The highest BCUT2D eigenvalue weighted by Crippen LogP contribution is 2.27. The fourth-order valence-corrected chi connectivity index (χ4v) is 2.23. The standard InChI is InChI=1S/C17H13N3O3/c21-17-11-13(18-15-3-1-2-4-16(15)19-17)8-5-12-6-9-14(10-7-12)20(22)23/h1-10H,11H2,(H,19,21)/b8-5+. The molecule has 0 bridgehead atoms. The first-order valence-electron chi connectivity index (χ1n) is 7.01. The van der Waals surface area contributed by atoms with Gasteiger partial charge in [0.1, 0.15) is 0 Å². The van der Waals surface area contributed by atoms with E-state index in [0.29, 0.717) is 17.1 Å². The number of non-ortho nitro benzene ring substituents is 1. The predicted molar refractivity (Wildman–Crippen MR) is 88.9 cm³/mol. The number of carbonyl (C=O) groups is 1. The molecule has 0 atom stereocenters. The number of nitro groups is 1. The number of rotatable bonds is 3. The summed E-state index contributed by atoms with van der Waals surface area (Å²) in [5.41, 5.74) is 2.88. The van der Waals surface area contributed by atoms with Crippen LogP contribution in [-0.4, -0.2) is 16.5 Å². The maximum absolute atomic E-state index is 11.9. The Morgan fingerprint density at radius 2 is 1.83 bits per heavy atom. The molecule has 1 aliphatic rings. The number of aliphatic imine (C=N–C) groups is 1. The number of nitrogens with one attached hydrogen (secondary N) is 1. The third-order valence-electron chi connectivity index (χ3n) is 3.36. The van der Waals surface area contributed by atoms with E-state index in [-0.39, 0.29) is 18.0 Å². The molecule has 0 aliphatic carbocycles. The van der Waals surface area contributed by atoms with Gasteiger partial charge >= 0.3 is 0 Å². The zero-order chi connectivity index (χ0) is 16.2. The monoisotopic (exact) mass is 307 g/mol. The summed E-state index contributed by atoms with van der Waals surface area (Å²) >= 11 is 0. The minimum atomic E-state index is -0.440. The molecule has 0 fully saturated rings. The Morgan fingerprint density at radius 1 is 1.09 bits per heavy atom. The lowest BCUT2D eigenvalue weighted by atomic mass is 10.1. The number of hydrogen-bond acceptors (Lipinski definition) is 4. The van der Waals surface area contributed by atoms with E-state index in [2.05, 4.69) is 10.3 Å². The van der Waals surface area contributed by atoms with Crippen LogP contribution < -0.4 is 5.32 Å². The summed E-state index contributed by atoms with van der Waals surface area (Å²) in [6.07, 6.45) is 3.71. The average Bonchev–Trinajstić information content (AvgIpc) is 2.70. The lowest BCUT2D eigenvalue weighted by molar-refractivity contribution is -0.384. The summed E-state index contributed by atoms with van der Waals surface area (Å²) in [6.45, 7) is 0. The Labute approximate surface area is 132 Å². The molecule has 23 heavy (non-hydrogen) atoms. The average molecular weight is 307 g/mol. The van der Waals surface area contributed by atoms with Crippen molar-refractivity contribution >= 4 is 34.8 Å². The van der Waals surface area contributed by atoms with Crippen LogP contribution in [0.15, 0.2) is 59.6 Å². The summed E-state index contributed by atoms with van der Waals surface area (Å²) in [6, 6.07) is 13.5. The van der Waals surface area contributed by atoms with Crippen LogP contribution in [0.4, 0.5) is 17.1 Å². The molecule has 0 saturated heterocycles. The topological polar surface area (TPSA) is 84.6 Å². The van der Waals surface area contributed by atoms with Gasteiger partial charge in [-0.05, 0) is 35.9 Å². The molecule has 1 amide bonds. The van der Waals surface area contributed by atoms with Crippen LogP contribution in [0.3, 0.4) is 0 Å². The summed E-state index contributed by atoms with van der Waals surface area (Å²) < 4.78 is 0. The number of amides is 1. The van der Waals surface area contributed by atoms with E-state index in [0.717, 1.165) is 5.56 Å². The number of nitrogens with zero attached hydrogens (tertiary/aromatic N) is 2. The Hall–Kier alpha value is -3.28. The van der Waals surface area contributed by atoms with Crippen molar-refractivity contribution in [3.63, 3.8) is 0 Å². The van der Waals surface area contributed by atoms with E-state index in [1.807, 2.05) is 18.2 Å². The van der Waals surface area contributed by atoms with Crippen LogP contribution >= 0.6 is 0 Å². The number of nitro benzene ring substituents is 1. The predicted octanol–water partition coefficient (Wildman–Crippen LogP) is 3.72. The van der Waals surface area contributed by atoms with Gasteiger partial charge in [0.25, 0.3) is 5.69 Å². The molecular weight excluding hydrogens is 294 g/mol. The van der Waals surface area contributed by atoms with Gasteiger partial charge in [-0.25, -0.2) is 0 Å². The Kier molecular flexibility index (Phi) is 3.97. The molecule has 114 valence electrons. The molecule has 6 heteroatoms. The van der Waals surface area contributed by atoms with Crippen LogP contribution in [0, 0.1) is 10.1 Å². The van der Waals surface area contributed by atoms with Crippen molar-refractivity contribution in [1.82, 2.24) is 0 Å². The summed E-state index contributed by atoms with van der Waals surface area (Å²) in [7, 11) is 0. The van der Waals surface area contributed by atoms with E-state index in [1.54, 1.807) is 30.4 Å². The van der Waals surface area contributed by atoms with Gasteiger partial charge < -0.3 is 5.32 Å².